The molecule has 0 aliphatic carbocycles. The summed E-state index contributed by atoms with van der Waals surface area (Å²) in [6.45, 7) is 5.34. The minimum Gasteiger partial charge on any atom is -0.316 e. The van der Waals surface area contributed by atoms with Crippen LogP contribution < -0.4 is 10.0 Å². The normalized spacial score (nSPS) is 12.1. The third-order valence-electron chi connectivity index (χ3n) is 3.38. The molecule has 0 amide bonds. The molecule has 0 saturated carbocycles. The van der Waals surface area contributed by atoms with Gasteiger partial charge in [-0.05, 0) is 46.6 Å². The van der Waals surface area contributed by atoms with Gasteiger partial charge in [-0.2, -0.15) is 0 Å². The Morgan fingerprint density at radius 2 is 1.90 bits per heavy atom. The van der Waals surface area contributed by atoms with Crippen LogP contribution in [-0.4, -0.2) is 22.0 Å². The number of sulfonamides is 1. The fourth-order valence-corrected chi connectivity index (χ4v) is 4.20. The summed E-state index contributed by atoms with van der Waals surface area (Å²) in [7, 11) is -1.60. The first-order chi connectivity index (χ1) is 9.44. The molecule has 2 N–H and O–H groups in total. The Kier molecular flexibility index (Phi) is 7.15. The van der Waals surface area contributed by atoms with Crippen molar-refractivity contribution < 1.29 is 8.42 Å². The maximum Gasteiger partial charge on any atom is 0.241 e. The van der Waals surface area contributed by atoms with Crippen molar-refractivity contribution in [2.45, 2.75) is 38.1 Å². The lowest BCUT2D eigenvalue weighted by atomic mass is 10.0. The average Bonchev–Trinajstić information content (AvgIpc) is 2.40. The maximum atomic E-state index is 12.3. The summed E-state index contributed by atoms with van der Waals surface area (Å²) >= 11 is 3.35. The fraction of sp³-hybridized carbons (Fsp3) is 0.571. The van der Waals surface area contributed by atoms with Gasteiger partial charge in [0.2, 0.25) is 10.0 Å². The lowest BCUT2D eigenvalue weighted by Gasteiger charge is -2.14. The van der Waals surface area contributed by atoms with Gasteiger partial charge in [0.25, 0.3) is 0 Å². The van der Waals surface area contributed by atoms with E-state index in [0.29, 0.717) is 28.4 Å². The molecule has 0 aliphatic heterocycles. The summed E-state index contributed by atoms with van der Waals surface area (Å²) in [5, 5.41) is 3.04. The monoisotopic (exact) mass is 362 g/mol. The van der Waals surface area contributed by atoms with Gasteiger partial charge in [-0.3, -0.25) is 0 Å². The highest BCUT2D eigenvalue weighted by Gasteiger charge is 2.18. The topological polar surface area (TPSA) is 58.2 Å². The lowest BCUT2D eigenvalue weighted by Crippen LogP contribution is -2.29. The van der Waals surface area contributed by atoms with Crippen LogP contribution in [0.3, 0.4) is 0 Å². The van der Waals surface area contributed by atoms with Gasteiger partial charge in [0, 0.05) is 17.6 Å². The van der Waals surface area contributed by atoms with Crippen molar-refractivity contribution >= 4 is 26.0 Å². The van der Waals surface area contributed by atoms with E-state index in [2.05, 4.69) is 39.8 Å². The van der Waals surface area contributed by atoms with Crippen LogP contribution in [0, 0.1) is 5.92 Å². The molecule has 0 fully saturated rings. The Morgan fingerprint density at radius 3 is 2.40 bits per heavy atom. The van der Waals surface area contributed by atoms with Gasteiger partial charge in [-0.25, -0.2) is 13.1 Å². The first-order valence-corrected chi connectivity index (χ1v) is 9.14. The summed E-state index contributed by atoms with van der Waals surface area (Å²) in [4.78, 5) is 0.295. The lowest BCUT2D eigenvalue weighted by molar-refractivity contribution is 0.479. The van der Waals surface area contributed by atoms with E-state index in [1.165, 1.54) is 0 Å². The van der Waals surface area contributed by atoms with E-state index in [0.717, 1.165) is 18.4 Å². The highest BCUT2D eigenvalue weighted by atomic mass is 79.9. The Morgan fingerprint density at radius 1 is 1.25 bits per heavy atom. The SMILES string of the molecule is CCC(CC)CNS(=O)(=O)c1ccc(CNC)cc1Br. The molecule has 6 heteroatoms. The first-order valence-electron chi connectivity index (χ1n) is 6.87. The van der Waals surface area contributed by atoms with Gasteiger partial charge in [0.1, 0.15) is 0 Å². The summed E-state index contributed by atoms with van der Waals surface area (Å²) in [6, 6.07) is 5.31. The van der Waals surface area contributed by atoms with E-state index in [4.69, 9.17) is 0 Å². The number of nitrogens with one attached hydrogen (secondary N) is 2. The van der Waals surface area contributed by atoms with Crippen molar-refractivity contribution in [1.29, 1.82) is 0 Å². The van der Waals surface area contributed by atoms with Crippen molar-refractivity contribution in [3.63, 3.8) is 0 Å². The molecule has 0 aliphatic rings. The molecule has 4 nitrogen and oxygen atoms in total. The molecule has 1 rings (SSSR count). The zero-order valence-corrected chi connectivity index (χ0v) is 14.6. The van der Waals surface area contributed by atoms with Crippen LogP contribution >= 0.6 is 15.9 Å². The number of halogens is 1. The van der Waals surface area contributed by atoms with Crippen molar-refractivity contribution in [1.82, 2.24) is 10.0 Å². The number of rotatable bonds is 8. The second-order valence-electron chi connectivity index (χ2n) is 4.83. The molecule has 0 radical (unpaired) electrons. The minimum atomic E-state index is -3.46. The number of hydrogen-bond acceptors (Lipinski definition) is 3. The standard InChI is InChI=1S/C14H23BrN2O2S/c1-4-11(5-2)10-17-20(18,19)14-7-6-12(9-16-3)8-13(14)15/h6-8,11,16-17H,4-5,9-10H2,1-3H3. The Balaban J connectivity index is 2.87. The number of benzene rings is 1. The molecule has 0 unspecified atom stereocenters. The van der Waals surface area contributed by atoms with Crippen molar-refractivity contribution in [3.05, 3.63) is 28.2 Å². The molecule has 0 atom stereocenters. The summed E-state index contributed by atoms with van der Waals surface area (Å²) < 4.78 is 27.9. The summed E-state index contributed by atoms with van der Waals surface area (Å²) in [5.41, 5.74) is 1.04. The van der Waals surface area contributed by atoms with Gasteiger partial charge in [-0.15, -0.1) is 0 Å². The Bertz CT molecular complexity index is 528. The van der Waals surface area contributed by atoms with E-state index in [9.17, 15) is 8.42 Å². The summed E-state index contributed by atoms with van der Waals surface area (Å²) in [6.07, 6.45) is 1.95. The van der Waals surface area contributed by atoms with Gasteiger partial charge < -0.3 is 5.32 Å². The first kappa shape index (κ1) is 17.6. The van der Waals surface area contributed by atoms with Crippen LogP contribution in [0.4, 0.5) is 0 Å². The van der Waals surface area contributed by atoms with Gasteiger partial charge >= 0.3 is 0 Å². The van der Waals surface area contributed by atoms with Crippen LogP contribution in [0.5, 0.6) is 0 Å². The van der Waals surface area contributed by atoms with Crippen molar-refractivity contribution in [2.24, 2.45) is 5.92 Å². The zero-order valence-electron chi connectivity index (χ0n) is 12.2. The molecular formula is C14H23BrN2O2S. The molecule has 0 bridgehead atoms. The predicted octanol–water partition coefficient (Wildman–Crippen LogP) is 2.88. The highest BCUT2D eigenvalue weighted by molar-refractivity contribution is 9.10. The third kappa shape index (κ3) is 4.84. The van der Waals surface area contributed by atoms with Crippen molar-refractivity contribution in [3.8, 4) is 0 Å². The average molecular weight is 363 g/mol. The van der Waals surface area contributed by atoms with E-state index < -0.39 is 10.0 Å². The van der Waals surface area contributed by atoms with E-state index in [1.807, 2.05) is 19.2 Å². The van der Waals surface area contributed by atoms with E-state index in [-0.39, 0.29) is 0 Å². The maximum absolute atomic E-state index is 12.3. The molecule has 1 aromatic carbocycles. The molecule has 114 valence electrons. The van der Waals surface area contributed by atoms with Crippen LogP contribution in [0.2, 0.25) is 0 Å². The largest absolute Gasteiger partial charge is 0.316 e. The van der Waals surface area contributed by atoms with Crippen LogP contribution in [0.15, 0.2) is 27.6 Å². The smallest absolute Gasteiger partial charge is 0.241 e. The Labute approximate surface area is 130 Å². The molecular weight excluding hydrogens is 340 g/mol. The predicted molar refractivity (Wildman–Crippen MR) is 86.2 cm³/mol. The third-order valence-corrected chi connectivity index (χ3v) is 5.78. The van der Waals surface area contributed by atoms with E-state index in [1.54, 1.807) is 6.07 Å². The van der Waals surface area contributed by atoms with Gasteiger partial charge in [-0.1, -0.05) is 32.8 Å². The fourth-order valence-electron chi connectivity index (χ4n) is 1.96. The van der Waals surface area contributed by atoms with E-state index >= 15 is 0 Å². The quantitative estimate of drug-likeness (QED) is 0.747. The second kappa shape index (κ2) is 8.12. The number of hydrogen-bond donors (Lipinski definition) is 2. The molecule has 0 spiro atoms. The minimum absolute atomic E-state index is 0.295. The molecule has 0 aromatic heterocycles. The van der Waals surface area contributed by atoms with Crippen LogP contribution in [-0.2, 0) is 16.6 Å². The molecule has 1 aromatic rings. The Hall–Kier alpha value is -0.430. The van der Waals surface area contributed by atoms with Crippen LogP contribution in [0.25, 0.3) is 0 Å². The van der Waals surface area contributed by atoms with Crippen molar-refractivity contribution in [2.75, 3.05) is 13.6 Å². The zero-order chi connectivity index (χ0) is 15.2. The van der Waals surface area contributed by atoms with Gasteiger partial charge in [0.05, 0.1) is 4.90 Å². The van der Waals surface area contributed by atoms with Crippen LogP contribution in [0.1, 0.15) is 32.3 Å². The summed E-state index contributed by atoms with van der Waals surface area (Å²) in [5.74, 6) is 0.382. The molecule has 20 heavy (non-hydrogen) atoms. The molecule has 0 saturated heterocycles. The van der Waals surface area contributed by atoms with Gasteiger partial charge in [0.15, 0.2) is 0 Å². The molecule has 0 heterocycles. The second-order valence-corrected chi connectivity index (χ2v) is 7.42. The highest BCUT2D eigenvalue weighted by Crippen LogP contribution is 2.23.